The summed E-state index contributed by atoms with van der Waals surface area (Å²) in [7, 11) is 1.46. The number of hydrogen-bond donors (Lipinski definition) is 1. The fraction of sp³-hybridized carbons (Fsp3) is 0.190. The van der Waals surface area contributed by atoms with Crippen molar-refractivity contribution < 1.29 is 26.7 Å². The van der Waals surface area contributed by atoms with E-state index in [1.807, 2.05) is 0 Å². The summed E-state index contributed by atoms with van der Waals surface area (Å²) in [5, 5.41) is 6.26. The first-order valence-electron chi connectivity index (χ1n) is 10.1. The van der Waals surface area contributed by atoms with Gasteiger partial charge in [-0.15, -0.1) is 5.10 Å². The fourth-order valence-electron chi connectivity index (χ4n) is 3.21. The van der Waals surface area contributed by atoms with Crippen LogP contribution in [-0.2, 0) is 13.1 Å². The molecule has 0 saturated carbocycles. The third kappa shape index (κ3) is 5.08. The van der Waals surface area contributed by atoms with Crippen molar-refractivity contribution in [3.63, 3.8) is 0 Å². The van der Waals surface area contributed by atoms with Gasteiger partial charge in [0.1, 0.15) is 12.1 Å². The summed E-state index contributed by atoms with van der Waals surface area (Å²) in [6.07, 6.45) is 0.723. The Morgan fingerprint density at radius 2 is 1.67 bits per heavy atom. The first-order chi connectivity index (χ1) is 17.2. The first kappa shape index (κ1) is 24.6. The number of rotatable bonds is 8. The zero-order chi connectivity index (χ0) is 26.0. The smallest absolute Gasteiger partial charge is 0.355 e. The van der Waals surface area contributed by atoms with Crippen LogP contribution in [0.1, 0.15) is 17.9 Å². The number of hydrogen-bond acceptors (Lipinski definition) is 7. The van der Waals surface area contributed by atoms with Crippen LogP contribution >= 0.6 is 0 Å². The van der Waals surface area contributed by atoms with Crippen LogP contribution in [0.15, 0.2) is 52.3 Å². The molecule has 1 N–H and O–H groups in total. The molecule has 2 aromatic heterocycles. The minimum Gasteiger partial charge on any atom is -0.497 e. The van der Waals surface area contributed by atoms with Crippen molar-refractivity contribution in [3.8, 4) is 5.75 Å². The second-order valence-corrected chi connectivity index (χ2v) is 7.32. The van der Waals surface area contributed by atoms with Crippen LogP contribution in [0.25, 0.3) is 0 Å². The highest BCUT2D eigenvalue weighted by atomic mass is 19.3. The Hall–Kier alpha value is -4.56. The number of methoxy groups -OCH3 is 1. The number of benzene rings is 2. The number of nitrogens with one attached hydrogen (secondary N) is 1. The van der Waals surface area contributed by atoms with Crippen LogP contribution in [0.5, 0.6) is 5.75 Å². The SMILES string of the molecule is COc1ccc(Nc2nc(=O)n(Cc3ncn(C(F)F)n3)c(=O)n2Cc2cc(F)c(F)c(F)c2)cc1. The predicted octanol–water partition coefficient (Wildman–Crippen LogP) is 2.66. The molecule has 36 heavy (non-hydrogen) atoms. The number of nitrogens with zero attached hydrogens (tertiary/aromatic N) is 6. The van der Waals surface area contributed by atoms with Crippen molar-refractivity contribution in [2.75, 3.05) is 12.4 Å². The molecule has 10 nitrogen and oxygen atoms in total. The van der Waals surface area contributed by atoms with E-state index in [-0.39, 0.29) is 22.0 Å². The Labute approximate surface area is 198 Å². The van der Waals surface area contributed by atoms with Gasteiger partial charge in [0.2, 0.25) is 5.95 Å². The highest BCUT2D eigenvalue weighted by molar-refractivity contribution is 5.54. The van der Waals surface area contributed by atoms with E-state index in [0.29, 0.717) is 28.1 Å². The molecule has 4 aromatic rings. The van der Waals surface area contributed by atoms with Crippen molar-refractivity contribution in [1.82, 2.24) is 28.9 Å². The molecule has 2 heterocycles. The maximum Gasteiger partial charge on any atom is 0.355 e. The first-order valence-corrected chi connectivity index (χ1v) is 10.1. The van der Waals surface area contributed by atoms with Gasteiger partial charge >= 0.3 is 17.9 Å². The summed E-state index contributed by atoms with van der Waals surface area (Å²) in [4.78, 5) is 33.4. The molecule has 0 amide bonds. The van der Waals surface area contributed by atoms with Crippen LogP contribution in [0.3, 0.4) is 0 Å². The van der Waals surface area contributed by atoms with Gasteiger partial charge in [0.25, 0.3) is 0 Å². The quantitative estimate of drug-likeness (QED) is 0.287. The lowest BCUT2D eigenvalue weighted by Gasteiger charge is -2.15. The Bertz CT molecular complexity index is 1490. The van der Waals surface area contributed by atoms with Gasteiger partial charge in [-0.3, -0.25) is 4.57 Å². The van der Waals surface area contributed by atoms with Crippen LogP contribution < -0.4 is 21.4 Å². The largest absolute Gasteiger partial charge is 0.497 e. The van der Waals surface area contributed by atoms with Gasteiger partial charge in [-0.05, 0) is 42.0 Å². The van der Waals surface area contributed by atoms with Gasteiger partial charge in [0, 0.05) is 5.69 Å². The molecule has 0 aliphatic heterocycles. The maximum absolute atomic E-state index is 13.8. The molecule has 0 bridgehead atoms. The third-order valence-corrected chi connectivity index (χ3v) is 4.94. The average Bonchev–Trinajstić information content (AvgIpc) is 3.32. The lowest BCUT2D eigenvalue weighted by atomic mass is 10.2. The zero-order valence-corrected chi connectivity index (χ0v) is 18.3. The third-order valence-electron chi connectivity index (χ3n) is 4.94. The van der Waals surface area contributed by atoms with E-state index in [9.17, 15) is 31.5 Å². The summed E-state index contributed by atoms with van der Waals surface area (Å²) in [6.45, 7) is -4.13. The number of anilines is 2. The van der Waals surface area contributed by atoms with Gasteiger partial charge in [-0.25, -0.2) is 32.3 Å². The van der Waals surface area contributed by atoms with Crippen LogP contribution in [-0.4, -0.2) is 36.0 Å². The van der Waals surface area contributed by atoms with E-state index in [4.69, 9.17) is 4.74 Å². The molecule has 0 unspecified atom stereocenters. The van der Waals surface area contributed by atoms with Gasteiger partial charge in [0.15, 0.2) is 23.3 Å². The van der Waals surface area contributed by atoms with Crippen molar-refractivity contribution in [3.05, 3.63) is 92.5 Å². The molecular formula is C21H16F5N7O3. The minimum absolute atomic E-state index is 0.154. The standard InChI is InChI=1S/C21H16F5N7O3/c1-36-13-4-2-12(3-5-13)28-19-29-20(34)32(9-16-27-10-33(30-16)18(25)26)21(35)31(19)8-11-6-14(22)17(24)15(23)7-11/h2-7,10,18H,8-9H2,1H3,(H,28,29,34). The van der Waals surface area contributed by atoms with E-state index in [1.54, 1.807) is 24.3 Å². The number of halogens is 5. The number of ether oxygens (including phenoxy) is 1. The summed E-state index contributed by atoms with van der Waals surface area (Å²) in [6, 6.07) is 7.65. The summed E-state index contributed by atoms with van der Waals surface area (Å²) >= 11 is 0. The predicted molar refractivity (Wildman–Crippen MR) is 115 cm³/mol. The van der Waals surface area contributed by atoms with Crippen molar-refractivity contribution in [1.29, 1.82) is 0 Å². The van der Waals surface area contributed by atoms with Gasteiger partial charge in [0.05, 0.1) is 20.2 Å². The Kier molecular flexibility index (Phi) is 6.80. The molecule has 0 fully saturated rings. The average molecular weight is 509 g/mol. The molecule has 15 heteroatoms. The topological polar surface area (TPSA) is 109 Å². The lowest BCUT2D eigenvalue weighted by molar-refractivity contribution is 0.0558. The van der Waals surface area contributed by atoms with Crippen LogP contribution in [0, 0.1) is 17.5 Å². The molecule has 0 atom stereocenters. The lowest BCUT2D eigenvalue weighted by Crippen LogP contribution is -2.43. The molecule has 0 saturated heterocycles. The number of alkyl halides is 2. The Balaban J connectivity index is 1.79. The highest BCUT2D eigenvalue weighted by Gasteiger charge is 2.18. The second kappa shape index (κ2) is 9.97. The monoisotopic (exact) mass is 509 g/mol. The Morgan fingerprint density at radius 1 is 1.00 bits per heavy atom. The molecular weight excluding hydrogens is 493 g/mol. The summed E-state index contributed by atoms with van der Waals surface area (Å²) in [5.74, 6) is -4.71. The van der Waals surface area contributed by atoms with Gasteiger partial charge < -0.3 is 10.1 Å². The molecule has 188 valence electrons. The van der Waals surface area contributed by atoms with E-state index in [0.717, 1.165) is 10.9 Å². The van der Waals surface area contributed by atoms with E-state index in [2.05, 4.69) is 20.4 Å². The van der Waals surface area contributed by atoms with Crippen LogP contribution in [0.2, 0.25) is 0 Å². The summed E-state index contributed by atoms with van der Waals surface area (Å²) in [5.41, 5.74) is -1.87. The van der Waals surface area contributed by atoms with Crippen molar-refractivity contribution >= 4 is 11.6 Å². The van der Waals surface area contributed by atoms with E-state index in [1.165, 1.54) is 7.11 Å². The van der Waals surface area contributed by atoms with Crippen LogP contribution in [0.4, 0.5) is 33.6 Å². The van der Waals surface area contributed by atoms with Crippen molar-refractivity contribution in [2.45, 2.75) is 19.6 Å². The van der Waals surface area contributed by atoms with E-state index >= 15 is 0 Å². The molecule has 0 spiro atoms. The summed E-state index contributed by atoms with van der Waals surface area (Å²) < 4.78 is 73.3. The molecule has 2 aromatic carbocycles. The highest BCUT2D eigenvalue weighted by Crippen LogP contribution is 2.19. The molecule has 0 aliphatic rings. The normalized spacial score (nSPS) is 11.2. The molecule has 0 radical (unpaired) electrons. The molecule has 4 rings (SSSR count). The minimum atomic E-state index is -2.99. The van der Waals surface area contributed by atoms with Gasteiger partial charge in [-0.1, -0.05) is 0 Å². The second-order valence-electron chi connectivity index (χ2n) is 7.32. The molecule has 0 aliphatic carbocycles. The Morgan fingerprint density at radius 3 is 2.25 bits per heavy atom. The number of aromatic nitrogens is 6. The van der Waals surface area contributed by atoms with E-state index < -0.39 is 48.5 Å². The zero-order valence-electron chi connectivity index (χ0n) is 18.3. The fourth-order valence-corrected chi connectivity index (χ4v) is 3.21. The van der Waals surface area contributed by atoms with Gasteiger partial charge in [-0.2, -0.15) is 18.4 Å². The van der Waals surface area contributed by atoms with Crippen molar-refractivity contribution in [2.24, 2.45) is 0 Å². The maximum atomic E-state index is 13.8.